The van der Waals surface area contributed by atoms with Gasteiger partial charge >= 0.3 is 0 Å². The van der Waals surface area contributed by atoms with E-state index in [1.54, 1.807) is 18.5 Å². The predicted octanol–water partition coefficient (Wildman–Crippen LogP) is 2.66. The first-order valence-corrected chi connectivity index (χ1v) is 11.0. The van der Waals surface area contributed by atoms with Gasteiger partial charge in [-0.05, 0) is 30.3 Å². The van der Waals surface area contributed by atoms with Gasteiger partial charge in [0.2, 0.25) is 0 Å². The van der Waals surface area contributed by atoms with E-state index in [4.69, 9.17) is 10.5 Å². The smallest absolute Gasteiger partial charge is 0.261 e. The number of anilines is 2. The molecule has 3 N–H and O–H groups in total. The number of nitrogen functional groups attached to an aromatic ring is 1. The van der Waals surface area contributed by atoms with Crippen LogP contribution in [-0.2, 0) is 9.84 Å². The first kappa shape index (κ1) is 21.8. The first-order chi connectivity index (χ1) is 14.8. The van der Waals surface area contributed by atoms with E-state index in [0.29, 0.717) is 16.9 Å². The Kier molecular flexibility index (Phi) is 6.51. The van der Waals surface area contributed by atoms with E-state index in [1.807, 2.05) is 30.3 Å². The number of methoxy groups -OCH3 is 1. The van der Waals surface area contributed by atoms with Crippen LogP contribution in [0.5, 0.6) is 5.75 Å². The van der Waals surface area contributed by atoms with Crippen molar-refractivity contribution in [3.8, 4) is 5.75 Å². The van der Waals surface area contributed by atoms with Crippen LogP contribution in [0.2, 0.25) is 0 Å². The molecule has 0 spiro atoms. The number of hydrogen-bond donors (Lipinski definition) is 2. The summed E-state index contributed by atoms with van der Waals surface area (Å²) in [5, 5.41) is 6.74. The average Bonchev–Trinajstić information content (AvgIpc) is 3.18. The number of nitrogens with zero attached hydrogens (tertiary/aromatic N) is 3. The first-order valence-electron chi connectivity index (χ1n) is 9.08. The number of aromatic nitrogens is 3. The molecule has 2 aromatic carbocycles. The highest BCUT2D eigenvalue weighted by Gasteiger charge is 2.17. The van der Waals surface area contributed by atoms with Crippen LogP contribution in [0.4, 0.5) is 11.4 Å². The number of hydrogen-bond acceptors (Lipinski definition) is 7. The molecule has 0 atom stereocenters. The van der Waals surface area contributed by atoms with Crippen molar-refractivity contribution in [2.45, 2.75) is 4.90 Å². The Hall–Kier alpha value is -3.92. The lowest BCUT2D eigenvalue weighted by Gasteiger charge is -2.11. The zero-order valence-electron chi connectivity index (χ0n) is 16.9. The molecule has 0 saturated heterocycles. The normalized spacial score (nSPS) is 10.8. The molecule has 2 heterocycles. The topological polar surface area (TPSA) is 129 Å². The summed E-state index contributed by atoms with van der Waals surface area (Å²) in [5.74, 6) is -0.176. The standard InChI is InChI=1S/C15H14N4O4S.C6H7N/c1-23-13-8-10(24(2,21)22)4-5-12(13)18-15(20)11-9-17-19-7-3-6-16-14(11)19;7-6-4-2-1-3-5-6/h3-9H,1-2H3,(H,18,20);1-5H,7H2. The number of benzene rings is 2. The second kappa shape index (κ2) is 9.26. The number of para-hydroxylation sites is 1. The van der Waals surface area contributed by atoms with Gasteiger partial charge < -0.3 is 15.8 Å². The summed E-state index contributed by atoms with van der Waals surface area (Å²) >= 11 is 0. The molecule has 1 amide bonds. The zero-order valence-corrected chi connectivity index (χ0v) is 17.7. The third-order valence-corrected chi connectivity index (χ3v) is 5.28. The van der Waals surface area contributed by atoms with Crippen molar-refractivity contribution < 1.29 is 17.9 Å². The minimum absolute atomic E-state index is 0.106. The molecule has 9 nitrogen and oxygen atoms in total. The van der Waals surface area contributed by atoms with Crippen molar-refractivity contribution in [2.75, 3.05) is 24.4 Å². The van der Waals surface area contributed by atoms with E-state index < -0.39 is 15.7 Å². The number of rotatable bonds is 4. The molecular weight excluding hydrogens is 418 g/mol. The van der Waals surface area contributed by atoms with Crippen LogP contribution >= 0.6 is 0 Å². The van der Waals surface area contributed by atoms with Crippen LogP contribution in [0.15, 0.2) is 78.1 Å². The lowest BCUT2D eigenvalue weighted by molar-refractivity contribution is 0.102. The second-order valence-electron chi connectivity index (χ2n) is 6.45. The molecule has 2 aromatic heterocycles. The Morgan fingerprint density at radius 2 is 1.87 bits per heavy atom. The quantitative estimate of drug-likeness (QED) is 0.468. The second-order valence-corrected chi connectivity index (χ2v) is 8.46. The molecular formula is C21H21N5O4S. The van der Waals surface area contributed by atoms with Gasteiger partial charge in [0.1, 0.15) is 11.3 Å². The van der Waals surface area contributed by atoms with Gasteiger partial charge in [-0.3, -0.25) is 4.79 Å². The van der Waals surface area contributed by atoms with Crippen LogP contribution in [0.25, 0.3) is 5.65 Å². The van der Waals surface area contributed by atoms with Crippen LogP contribution < -0.4 is 15.8 Å². The van der Waals surface area contributed by atoms with Crippen molar-refractivity contribution in [1.29, 1.82) is 0 Å². The summed E-state index contributed by atoms with van der Waals surface area (Å²) in [6.07, 6.45) is 5.76. The molecule has 0 bridgehead atoms. The molecule has 0 unspecified atom stereocenters. The molecule has 10 heteroatoms. The summed E-state index contributed by atoms with van der Waals surface area (Å²) in [6.45, 7) is 0. The van der Waals surface area contributed by atoms with Gasteiger partial charge in [0.25, 0.3) is 5.91 Å². The fourth-order valence-corrected chi connectivity index (χ4v) is 3.27. The van der Waals surface area contributed by atoms with Gasteiger partial charge in [-0.15, -0.1) is 0 Å². The molecule has 0 aliphatic heterocycles. The SMILES string of the molecule is COc1cc(S(C)(=O)=O)ccc1NC(=O)c1cnn2cccnc12.Nc1ccccc1. The number of ether oxygens (including phenoxy) is 1. The van der Waals surface area contributed by atoms with E-state index in [2.05, 4.69) is 15.4 Å². The molecule has 0 saturated carbocycles. The van der Waals surface area contributed by atoms with Crippen LogP contribution in [0, 0.1) is 0 Å². The van der Waals surface area contributed by atoms with Crippen molar-refractivity contribution in [3.63, 3.8) is 0 Å². The maximum atomic E-state index is 12.5. The summed E-state index contributed by atoms with van der Waals surface area (Å²) in [4.78, 5) is 16.7. The van der Waals surface area contributed by atoms with Crippen molar-refractivity contribution in [3.05, 3.63) is 78.8 Å². The van der Waals surface area contributed by atoms with Crippen LogP contribution in [0.3, 0.4) is 0 Å². The zero-order chi connectivity index (χ0) is 22.4. The van der Waals surface area contributed by atoms with Gasteiger partial charge in [-0.1, -0.05) is 18.2 Å². The molecule has 0 aliphatic rings. The molecule has 4 rings (SSSR count). The molecule has 0 aliphatic carbocycles. The van der Waals surface area contributed by atoms with Gasteiger partial charge in [0.15, 0.2) is 15.5 Å². The fourth-order valence-electron chi connectivity index (χ4n) is 2.64. The number of fused-ring (bicyclic) bond motifs is 1. The minimum Gasteiger partial charge on any atom is -0.495 e. The van der Waals surface area contributed by atoms with Crippen molar-refractivity contribution in [2.24, 2.45) is 0 Å². The van der Waals surface area contributed by atoms with Crippen molar-refractivity contribution >= 4 is 32.8 Å². The highest BCUT2D eigenvalue weighted by atomic mass is 32.2. The van der Waals surface area contributed by atoms with Gasteiger partial charge in [-0.2, -0.15) is 5.10 Å². The minimum atomic E-state index is -3.37. The number of nitrogens with one attached hydrogen (secondary N) is 1. The Labute approximate surface area is 179 Å². The largest absolute Gasteiger partial charge is 0.495 e. The van der Waals surface area contributed by atoms with E-state index in [-0.39, 0.29) is 10.6 Å². The third-order valence-electron chi connectivity index (χ3n) is 4.17. The fraction of sp³-hybridized carbons (Fsp3) is 0.0952. The predicted molar refractivity (Wildman–Crippen MR) is 118 cm³/mol. The van der Waals surface area contributed by atoms with Crippen molar-refractivity contribution in [1.82, 2.24) is 14.6 Å². The number of sulfone groups is 1. The van der Waals surface area contributed by atoms with Gasteiger partial charge in [0, 0.05) is 30.4 Å². The molecule has 0 fully saturated rings. The maximum Gasteiger partial charge on any atom is 0.261 e. The van der Waals surface area contributed by atoms with E-state index in [1.165, 1.54) is 36.0 Å². The lowest BCUT2D eigenvalue weighted by atomic mass is 10.2. The summed E-state index contributed by atoms with van der Waals surface area (Å²) in [6, 6.07) is 15.4. The van der Waals surface area contributed by atoms with Gasteiger partial charge in [0.05, 0.1) is 23.9 Å². The van der Waals surface area contributed by atoms with Gasteiger partial charge in [-0.25, -0.2) is 17.9 Å². The molecule has 160 valence electrons. The Bertz CT molecular complexity index is 1300. The highest BCUT2D eigenvalue weighted by molar-refractivity contribution is 7.90. The van der Waals surface area contributed by atoms with E-state index in [9.17, 15) is 13.2 Å². The highest BCUT2D eigenvalue weighted by Crippen LogP contribution is 2.28. The number of nitrogens with two attached hydrogens (primary N) is 1. The molecule has 0 radical (unpaired) electrons. The number of carbonyl (C=O) groups excluding carboxylic acids is 1. The monoisotopic (exact) mass is 439 g/mol. The Balaban J connectivity index is 0.000000330. The third kappa shape index (κ3) is 5.37. The summed E-state index contributed by atoms with van der Waals surface area (Å²) in [7, 11) is -1.97. The number of amides is 1. The van der Waals surface area contributed by atoms with E-state index >= 15 is 0 Å². The Morgan fingerprint density at radius 1 is 1.13 bits per heavy atom. The molecule has 4 aromatic rings. The summed E-state index contributed by atoms with van der Waals surface area (Å²) in [5.41, 5.74) is 7.25. The molecule has 31 heavy (non-hydrogen) atoms. The van der Waals surface area contributed by atoms with E-state index in [0.717, 1.165) is 11.9 Å². The maximum absolute atomic E-state index is 12.5. The Morgan fingerprint density at radius 3 is 2.48 bits per heavy atom. The lowest BCUT2D eigenvalue weighted by Crippen LogP contribution is -2.13. The van der Waals surface area contributed by atoms with Crippen LogP contribution in [-0.4, -0.2) is 42.3 Å². The number of carbonyl (C=O) groups is 1. The van der Waals surface area contributed by atoms with Crippen LogP contribution in [0.1, 0.15) is 10.4 Å². The average molecular weight is 439 g/mol. The summed E-state index contributed by atoms with van der Waals surface area (Å²) < 4.78 is 29.9.